The van der Waals surface area contributed by atoms with E-state index >= 15 is 0 Å². The monoisotopic (exact) mass is 327 g/mol. The van der Waals surface area contributed by atoms with Crippen molar-refractivity contribution in [3.8, 4) is 0 Å². The van der Waals surface area contributed by atoms with Crippen molar-refractivity contribution >= 4 is 0 Å². The standard InChI is InChI=1S/C19H25N3O2/c1-13-19(14(2)24-21-13)10-22-6-5-18-16(9-22)7-20-8-17(18)12-23-11-15-3-4-15/h7-8,15H,3-6,9-12H2,1-2H3. The summed E-state index contributed by atoms with van der Waals surface area (Å²) in [7, 11) is 0. The van der Waals surface area contributed by atoms with Gasteiger partial charge in [-0.1, -0.05) is 5.16 Å². The Morgan fingerprint density at radius 2 is 2.17 bits per heavy atom. The van der Waals surface area contributed by atoms with Crippen LogP contribution in [0.3, 0.4) is 0 Å². The fourth-order valence-electron chi connectivity index (χ4n) is 3.46. The fraction of sp³-hybridized carbons (Fsp3) is 0.579. The highest BCUT2D eigenvalue weighted by atomic mass is 16.5. The lowest BCUT2D eigenvalue weighted by Gasteiger charge is -2.29. The Labute approximate surface area is 143 Å². The summed E-state index contributed by atoms with van der Waals surface area (Å²) in [5.74, 6) is 1.74. The summed E-state index contributed by atoms with van der Waals surface area (Å²) in [6, 6.07) is 0. The molecule has 128 valence electrons. The van der Waals surface area contributed by atoms with Crippen LogP contribution in [0.25, 0.3) is 0 Å². The summed E-state index contributed by atoms with van der Waals surface area (Å²) in [4.78, 5) is 6.89. The minimum absolute atomic E-state index is 0.705. The van der Waals surface area contributed by atoms with Crippen LogP contribution in [-0.4, -0.2) is 28.2 Å². The molecule has 1 saturated carbocycles. The van der Waals surface area contributed by atoms with Gasteiger partial charge >= 0.3 is 0 Å². The molecule has 0 radical (unpaired) electrons. The van der Waals surface area contributed by atoms with Gasteiger partial charge in [0.2, 0.25) is 0 Å². The predicted octanol–water partition coefficient (Wildman–Crippen LogP) is 3.17. The Kier molecular flexibility index (Phi) is 4.37. The van der Waals surface area contributed by atoms with Crippen molar-refractivity contribution in [2.24, 2.45) is 5.92 Å². The molecule has 0 N–H and O–H groups in total. The largest absolute Gasteiger partial charge is 0.376 e. The van der Waals surface area contributed by atoms with Crippen molar-refractivity contribution in [1.82, 2.24) is 15.0 Å². The van der Waals surface area contributed by atoms with Crippen LogP contribution in [0.4, 0.5) is 0 Å². The van der Waals surface area contributed by atoms with Gasteiger partial charge in [0.05, 0.1) is 12.3 Å². The maximum atomic E-state index is 5.88. The predicted molar refractivity (Wildman–Crippen MR) is 90.4 cm³/mol. The molecule has 24 heavy (non-hydrogen) atoms. The van der Waals surface area contributed by atoms with E-state index in [0.29, 0.717) is 6.61 Å². The Hall–Kier alpha value is -1.72. The van der Waals surface area contributed by atoms with Gasteiger partial charge < -0.3 is 9.26 Å². The Morgan fingerprint density at radius 1 is 1.29 bits per heavy atom. The summed E-state index contributed by atoms with van der Waals surface area (Å²) >= 11 is 0. The molecule has 1 aliphatic carbocycles. The van der Waals surface area contributed by atoms with Crippen molar-refractivity contribution in [2.75, 3.05) is 13.2 Å². The number of rotatable bonds is 6. The maximum absolute atomic E-state index is 5.88. The van der Waals surface area contributed by atoms with E-state index in [9.17, 15) is 0 Å². The van der Waals surface area contributed by atoms with Gasteiger partial charge in [-0.05, 0) is 55.7 Å². The molecule has 5 heteroatoms. The topological polar surface area (TPSA) is 51.4 Å². The highest BCUT2D eigenvalue weighted by Gasteiger charge is 2.23. The van der Waals surface area contributed by atoms with E-state index in [0.717, 1.165) is 50.0 Å². The summed E-state index contributed by atoms with van der Waals surface area (Å²) in [5, 5.41) is 4.06. The quantitative estimate of drug-likeness (QED) is 0.815. The number of aryl methyl sites for hydroxylation is 2. The average molecular weight is 327 g/mol. The number of aromatic nitrogens is 2. The molecule has 2 aromatic rings. The summed E-state index contributed by atoms with van der Waals surface area (Å²) in [6.45, 7) is 8.49. The second-order valence-electron chi connectivity index (χ2n) is 7.16. The zero-order valence-electron chi connectivity index (χ0n) is 14.5. The highest BCUT2D eigenvalue weighted by Crippen LogP contribution is 2.30. The molecule has 2 aliphatic rings. The van der Waals surface area contributed by atoms with Gasteiger partial charge in [-0.2, -0.15) is 0 Å². The van der Waals surface area contributed by atoms with Crippen LogP contribution in [0.15, 0.2) is 16.9 Å². The van der Waals surface area contributed by atoms with E-state index in [1.165, 1.54) is 35.1 Å². The van der Waals surface area contributed by atoms with Crippen molar-refractivity contribution in [3.05, 3.63) is 46.1 Å². The molecule has 0 amide bonds. The van der Waals surface area contributed by atoms with Crippen LogP contribution in [-0.2, 0) is 30.9 Å². The number of hydrogen-bond donors (Lipinski definition) is 0. The molecule has 4 rings (SSSR count). The molecule has 0 saturated heterocycles. The third-order valence-electron chi connectivity index (χ3n) is 5.18. The number of pyridine rings is 1. The van der Waals surface area contributed by atoms with E-state index in [1.54, 1.807) is 0 Å². The first-order valence-electron chi connectivity index (χ1n) is 8.87. The van der Waals surface area contributed by atoms with E-state index in [4.69, 9.17) is 9.26 Å². The van der Waals surface area contributed by atoms with Gasteiger partial charge in [0, 0.05) is 44.2 Å². The first-order valence-corrected chi connectivity index (χ1v) is 8.87. The van der Waals surface area contributed by atoms with Crippen LogP contribution < -0.4 is 0 Å². The minimum atomic E-state index is 0.705. The molecule has 1 aliphatic heterocycles. The normalized spacial score (nSPS) is 17.9. The van der Waals surface area contributed by atoms with E-state index in [1.807, 2.05) is 26.2 Å². The smallest absolute Gasteiger partial charge is 0.138 e. The van der Waals surface area contributed by atoms with Crippen LogP contribution in [0.1, 0.15) is 46.5 Å². The van der Waals surface area contributed by atoms with Crippen molar-refractivity contribution < 1.29 is 9.26 Å². The van der Waals surface area contributed by atoms with Crippen molar-refractivity contribution in [1.29, 1.82) is 0 Å². The minimum Gasteiger partial charge on any atom is -0.376 e. The second-order valence-corrected chi connectivity index (χ2v) is 7.16. The zero-order valence-corrected chi connectivity index (χ0v) is 14.5. The van der Waals surface area contributed by atoms with Gasteiger partial charge in [-0.3, -0.25) is 9.88 Å². The molecule has 2 aromatic heterocycles. The van der Waals surface area contributed by atoms with Crippen LogP contribution in [0.2, 0.25) is 0 Å². The molecule has 0 spiro atoms. The van der Waals surface area contributed by atoms with Gasteiger partial charge in [0.15, 0.2) is 0 Å². The Bertz CT molecular complexity index is 702. The second kappa shape index (κ2) is 6.65. The molecule has 0 aromatic carbocycles. The summed E-state index contributed by atoms with van der Waals surface area (Å²) in [5.41, 5.74) is 6.26. The van der Waals surface area contributed by atoms with E-state index < -0.39 is 0 Å². The number of hydrogen-bond acceptors (Lipinski definition) is 5. The lowest BCUT2D eigenvalue weighted by Crippen LogP contribution is -2.31. The summed E-state index contributed by atoms with van der Waals surface area (Å²) in [6.07, 6.45) is 7.72. The van der Waals surface area contributed by atoms with Crippen LogP contribution in [0.5, 0.6) is 0 Å². The van der Waals surface area contributed by atoms with E-state index in [2.05, 4.69) is 15.0 Å². The summed E-state index contributed by atoms with van der Waals surface area (Å²) < 4.78 is 11.2. The molecule has 0 bridgehead atoms. The zero-order chi connectivity index (χ0) is 16.5. The third-order valence-corrected chi connectivity index (χ3v) is 5.18. The molecule has 5 nitrogen and oxygen atoms in total. The maximum Gasteiger partial charge on any atom is 0.138 e. The molecule has 0 atom stereocenters. The van der Waals surface area contributed by atoms with E-state index in [-0.39, 0.29) is 0 Å². The fourth-order valence-corrected chi connectivity index (χ4v) is 3.46. The average Bonchev–Trinajstić information content (AvgIpc) is 3.36. The van der Waals surface area contributed by atoms with Gasteiger partial charge in [0.1, 0.15) is 5.76 Å². The highest BCUT2D eigenvalue weighted by molar-refractivity contribution is 5.34. The molecule has 3 heterocycles. The number of fused-ring (bicyclic) bond motifs is 1. The lowest BCUT2D eigenvalue weighted by molar-refractivity contribution is 0.110. The molecule has 0 unspecified atom stereocenters. The third kappa shape index (κ3) is 3.37. The van der Waals surface area contributed by atoms with Crippen LogP contribution in [0, 0.1) is 19.8 Å². The Morgan fingerprint density at radius 3 is 2.92 bits per heavy atom. The van der Waals surface area contributed by atoms with Gasteiger partial charge in [0.25, 0.3) is 0 Å². The van der Waals surface area contributed by atoms with Crippen LogP contribution >= 0.6 is 0 Å². The van der Waals surface area contributed by atoms with Crippen molar-refractivity contribution in [2.45, 2.75) is 52.8 Å². The first kappa shape index (κ1) is 15.8. The molecular weight excluding hydrogens is 302 g/mol. The van der Waals surface area contributed by atoms with Gasteiger partial charge in [-0.25, -0.2) is 0 Å². The number of nitrogens with zero attached hydrogens (tertiary/aromatic N) is 3. The SMILES string of the molecule is Cc1noc(C)c1CN1CCc2c(COCC3CC3)cncc2C1. The molecular formula is C19H25N3O2. The Balaban J connectivity index is 1.43. The number of ether oxygens (including phenoxy) is 1. The van der Waals surface area contributed by atoms with Crippen molar-refractivity contribution in [3.63, 3.8) is 0 Å². The molecule has 1 fully saturated rings. The lowest BCUT2D eigenvalue weighted by atomic mass is 9.97. The first-order chi connectivity index (χ1) is 11.7. The van der Waals surface area contributed by atoms with Gasteiger partial charge in [-0.15, -0.1) is 0 Å².